The molecule has 3 rings (SSSR count). The fraction of sp³-hybridized carbons (Fsp3) is 0.478. The van der Waals surface area contributed by atoms with E-state index < -0.39 is 0 Å². The Morgan fingerprint density at radius 3 is 1.88 bits per heavy atom. The van der Waals surface area contributed by atoms with E-state index in [4.69, 9.17) is 0 Å². The minimum Gasteiger partial charge on any atom is -0.309 e. The first-order valence-electron chi connectivity index (χ1n) is 9.49. The summed E-state index contributed by atoms with van der Waals surface area (Å²) < 4.78 is 0. The van der Waals surface area contributed by atoms with Gasteiger partial charge < -0.3 is 4.90 Å². The van der Waals surface area contributed by atoms with Gasteiger partial charge >= 0.3 is 0 Å². The van der Waals surface area contributed by atoms with Gasteiger partial charge in [0.1, 0.15) is 0 Å². The Kier molecular flexibility index (Phi) is 5.40. The minimum absolute atomic E-state index is 0.189. The van der Waals surface area contributed by atoms with Crippen LogP contribution in [0.2, 0.25) is 0 Å². The second kappa shape index (κ2) is 7.53. The second-order valence-electron chi connectivity index (χ2n) is 7.55. The van der Waals surface area contributed by atoms with E-state index >= 15 is 0 Å². The summed E-state index contributed by atoms with van der Waals surface area (Å²) in [5, 5.41) is 0. The van der Waals surface area contributed by atoms with Crippen molar-refractivity contribution in [3.05, 3.63) is 70.8 Å². The van der Waals surface area contributed by atoms with Gasteiger partial charge in [-0.05, 0) is 75.0 Å². The molecule has 0 aliphatic heterocycles. The zero-order chi connectivity index (χ0) is 17.0. The number of hydrogen-bond donors (Lipinski definition) is 0. The fourth-order valence-electron chi connectivity index (χ4n) is 4.61. The number of benzene rings is 2. The number of nitrogens with zero attached hydrogens (tertiary/aromatic N) is 1. The molecule has 2 aromatic rings. The van der Waals surface area contributed by atoms with Crippen LogP contribution in [0.15, 0.2) is 48.5 Å². The highest BCUT2D eigenvalue weighted by molar-refractivity contribution is 5.49. The van der Waals surface area contributed by atoms with E-state index in [2.05, 4.69) is 74.4 Å². The summed E-state index contributed by atoms with van der Waals surface area (Å²) >= 11 is 0. The SMILES string of the molecule is CCCC1(CCCN(C)C)c2ccccc2CCc2ccccc21. The molecule has 0 radical (unpaired) electrons. The third-order valence-corrected chi connectivity index (χ3v) is 5.62. The second-order valence-corrected chi connectivity index (χ2v) is 7.55. The first-order valence-corrected chi connectivity index (χ1v) is 9.49. The predicted molar refractivity (Wildman–Crippen MR) is 104 cm³/mol. The van der Waals surface area contributed by atoms with E-state index in [9.17, 15) is 0 Å². The van der Waals surface area contributed by atoms with E-state index in [0.717, 1.165) is 6.54 Å². The average Bonchev–Trinajstić information content (AvgIpc) is 2.72. The first kappa shape index (κ1) is 17.2. The molecular formula is C23H31N. The molecule has 0 aromatic heterocycles. The van der Waals surface area contributed by atoms with Crippen molar-refractivity contribution in [1.29, 1.82) is 0 Å². The molecule has 1 nitrogen and oxygen atoms in total. The quantitative estimate of drug-likeness (QED) is 0.705. The third-order valence-electron chi connectivity index (χ3n) is 5.62. The summed E-state index contributed by atoms with van der Waals surface area (Å²) in [4.78, 5) is 2.31. The molecule has 0 saturated carbocycles. The molecule has 24 heavy (non-hydrogen) atoms. The van der Waals surface area contributed by atoms with E-state index in [1.54, 1.807) is 22.3 Å². The van der Waals surface area contributed by atoms with E-state index in [1.165, 1.54) is 38.5 Å². The number of rotatable bonds is 6. The van der Waals surface area contributed by atoms with Crippen LogP contribution in [0.1, 0.15) is 54.9 Å². The lowest BCUT2D eigenvalue weighted by atomic mass is 9.67. The van der Waals surface area contributed by atoms with Crippen molar-refractivity contribution < 1.29 is 0 Å². The molecule has 0 bridgehead atoms. The third kappa shape index (κ3) is 3.28. The maximum absolute atomic E-state index is 2.41. The molecule has 1 heteroatoms. The Bertz CT molecular complexity index is 624. The predicted octanol–water partition coefficient (Wildman–Crippen LogP) is 5.21. The van der Waals surface area contributed by atoms with Crippen molar-refractivity contribution in [2.45, 2.75) is 50.9 Å². The van der Waals surface area contributed by atoms with Gasteiger partial charge in [-0.3, -0.25) is 0 Å². The van der Waals surface area contributed by atoms with Crippen molar-refractivity contribution in [1.82, 2.24) is 4.90 Å². The van der Waals surface area contributed by atoms with Crippen LogP contribution in [-0.4, -0.2) is 25.5 Å². The minimum atomic E-state index is 0.189. The van der Waals surface area contributed by atoms with Crippen molar-refractivity contribution in [3.8, 4) is 0 Å². The first-order chi connectivity index (χ1) is 11.7. The Labute approximate surface area is 147 Å². The monoisotopic (exact) mass is 321 g/mol. The lowest BCUT2D eigenvalue weighted by Gasteiger charge is -2.37. The van der Waals surface area contributed by atoms with Gasteiger partial charge in [-0.2, -0.15) is 0 Å². The molecule has 0 atom stereocenters. The standard InChI is InChI=1S/C23H31N/c1-4-16-23(17-9-18-24(2)3)21-12-7-5-10-19(21)14-15-20-11-6-8-13-22(20)23/h5-8,10-13H,4,9,14-18H2,1-3H3. The molecule has 0 N–H and O–H groups in total. The summed E-state index contributed by atoms with van der Waals surface area (Å²) in [6.07, 6.45) is 7.31. The smallest absolute Gasteiger partial charge is 0.0208 e. The summed E-state index contributed by atoms with van der Waals surface area (Å²) in [5.74, 6) is 0. The molecule has 1 aliphatic rings. The van der Waals surface area contributed by atoms with Crippen LogP contribution in [0.5, 0.6) is 0 Å². The van der Waals surface area contributed by atoms with Crippen LogP contribution in [0.3, 0.4) is 0 Å². The van der Waals surface area contributed by atoms with Gasteiger partial charge in [0.15, 0.2) is 0 Å². The Morgan fingerprint density at radius 1 is 0.833 bits per heavy atom. The van der Waals surface area contributed by atoms with Gasteiger partial charge in [0.2, 0.25) is 0 Å². The lowest BCUT2D eigenvalue weighted by Crippen LogP contribution is -2.30. The maximum atomic E-state index is 2.41. The van der Waals surface area contributed by atoms with Crippen LogP contribution >= 0.6 is 0 Å². The molecule has 0 amide bonds. The molecule has 0 heterocycles. The van der Waals surface area contributed by atoms with Gasteiger partial charge in [-0.1, -0.05) is 61.9 Å². The maximum Gasteiger partial charge on any atom is 0.0208 e. The van der Waals surface area contributed by atoms with Crippen LogP contribution in [0.4, 0.5) is 0 Å². The molecule has 0 fully saturated rings. The summed E-state index contributed by atoms with van der Waals surface area (Å²) in [5.41, 5.74) is 6.50. The normalized spacial score (nSPS) is 15.7. The van der Waals surface area contributed by atoms with Gasteiger partial charge in [0.05, 0.1) is 0 Å². The van der Waals surface area contributed by atoms with Crippen LogP contribution in [0, 0.1) is 0 Å². The summed E-state index contributed by atoms with van der Waals surface area (Å²) in [6, 6.07) is 18.4. The van der Waals surface area contributed by atoms with Crippen molar-refractivity contribution >= 4 is 0 Å². The summed E-state index contributed by atoms with van der Waals surface area (Å²) in [6.45, 7) is 3.50. The van der Waals surface area contributed by atoms with Crippen molar-refractivity contribution in [3.63, 3.8) is 0 Å². The number of aryl methyl sites for hydroxylation is 2. The van der Waals surface area contributed by atoms with Gasteiger partial charge in [0, 0.05) is 5.41 Å². The van der Waals surface area contributed by atoms with Crippen molar-refractivity contribution in [2.75, 3.05) is 20.6 Å². The van der Waals surface area contributed by atoms with Crippen LogP contribution in [-0.2, 0) is 18.3 Å². The van der Waals surface area contributed by atoms with Crippen LogP contribution < -0.4 is 0 Å². The average molecular weight is 322 g/mol. The Morgan fingerprint density at radius 2 is 1.38 bits per heavy atom. The fourth-order valence-corrected chi connectivity index (χ4v) is 4.61. The highest BCUT2D eigenvalue weighted by Crippen LogP contribution is 2.46. The molecule has 0 spiro atoms. The number of hydrogen-bond acceptors (Lipinski definition) is 1. The topological polar surface area (TPSA) is 3.24 Å². The van der Waals surface area contributed by atoms with Gasteiger partial charge in [-0.15, -0.1) is 0 Å². The molecule has 128 valence electrons. The lowest BCUT2D eigenvalue weighted by molar-refractivity contribution is 0.348. The zero-order valence-electron chi connectivity index (χ0n) is 15.5. The van der Waals surface area contributed by atoms with Gasteiger partial charge in [-0.25, -0.2) is 0 Å². The van der Waals surface area contributed by atoms with E-state index in [0.29, 0.717) is 0 Å². The molecular weight excluding hydrogens is 290 g/mol. The van der Waals surface area contributed by atoms with E-state index in [-0.39, 0.29) is 5.41 Å². The molecule has 1 aliphatic carbocycles. The number of fused-ring (bicyclic) bond motifs is 2. The molecule has 2 aromatic carbocycles. The largest absolute Gasteiger partial charge is 0.309 e. The highest BCUT2D eigenvalue weighted by atomic mass is 15.0. The Balaban J connectivity index is 2.12. The molecule has 0 unspecified atom stereocenters. The van der Waals surface area contributed by atoms with Crippen molar-refractivity contribution in [2.24, 2.45) is 0 Å². The Hall–Kier alpha value is -1.60. The zero-order valence-corrected chi connectivity index (χ0v) is 15.5. The summed E-state index contributed by atoms with van der Waals surface area (Å²) in [7, 11) is 4.36. The van der Waals surface area contributed by atoms with Crippen LogP contribution in [0.25, 0.3) is 0 Å². The highest BCUT2D eigenvalue weighted by Gasteiger charge is 2.37. The van der Waals surface area contributed by atoms with E-state index in [1.807, 2.05) is 0 Å². The molecule has 0 saturated heterocycles. The van der Waals surface area contributed by atoms with Gasteiger partial charge in [0.25, 0.3) is 0 Å².